The van der Waals surface area contributed by atoms with Crippen molar-refractivity contribution in [2.24, 2.45) is 11.3 Å². The highest BCUT2D eigenvalue weighted by atomic mass is 19.2. The smallest absolute Gasteiger partial charge is 0.413 e. The van der Waals surface area contributed by atoms with Gasteiger partial charge in [-0.2, -0.15) is 0 Å². The fourth-order valence-corrected chi connectivity index (χ4v) is 6.36. The first-order valence-electron chi connectivity index (χ1n) is 12.6. The van der Waals surface area contributed by atoms with Gasteiger partial charge in [0, 0.05) is 23.1 Å². The summed E-state index contributed by atoms with van der Waals surface area (Å²) in [6.45, 7) is 6.19. The lowest BCUT2D eigenvalue weighted by atomic mass is 9.60. The molecule has 1 aromatic carbocycles. The monoisotopic (exact) mass is 519 g/mol. The molecule has 1 aliphatic carbocycles. The van der Waals surface area contributed by atoms with Crippen molar-refractivity contribution in [3.05, 3.63) is 69.6 Å². The molecule has 2 fully saturated rings. The third-order valence-electron chi connectivity index (χ3n) is 8.48. The highest BCUT2D eigenvalue weighted by Gasteiger charge is 2.76. The molecule has 0 radical (unpaired) electrons. The number of aliphatic hydroxyl groups is 2. The predicted octanol–water partition coefficient (Wildman–Crippen LogP) is 3.87. The Morgan fingerprint density at radius 1 is 1.11 bits per heavy atom. The van der Waals surface area contributed by atoms with Crippen LogP contribution >= 0.6 is 0 Å². The summed E-state index contributed by atoms with van der Waals surface area (Å²) < 4.78 is 30.1. The molecule has 1 aromatic heterocycles. The zero-order valence-corrected chi connectivity index (χ0v) is 21.6. The molecule has 1 saturated heterocycles. The Hall–Kier alpha value is -2.82. The van der Waals surface area contributed by atoms with Gasteiger partial charge in [-0.05, 0) is 43.5 Å². The van der Waals surface area contributed by atoms with Gasteiger partial charge in [-0.1, -0.05) is 52.2 Å². The quantitative estimate of drug-likeness (QED) is 0.477. The number of nitrogens with one attached hydrogen (secondary N) is 1. The van der Waals surface area contributed by atoms with E-state index < -0.39 is 51.7 Å². The van der Waals surface area contributed by atoms with E-state index in [1.807, 2.05) is 0 Å². The molecule has 2 heterocycles. The van der Waals surface area contributed by atoms with Gasteiger partial charge in [-0.3, -0.25) is 10.1 Å². The maximum atomic E-state index is 14.7. The number of hydrogen-bond acceptors (Lipinski definition) is 5. The van der Waals surface area contributed by atoms with Crippen LogP contribution in [0.4, 0.5) is 13.6 Å². The lowest BCUT2D eigenvalue weighted by Crippen LogP contribution is -2.70. The molecule has 3 atom stereocenters. The number of pyridine rings is 1. The van der Waals surface area contributed by atoms with Crippen LogP contribution in [-0.2, 0) is 12.1 Å². The standard InChI is InChI=1S/C27H35F2N3O5/c1-17(2)26(36)30-25(19-10-11-20(28)21(29)15-19,16-31-14-8-9-18(3)22(31)33)27(37,32(26)23(34)35)24(4)12-6-5-7-13-24/h8-11,14-15,17,30,36-37H,5-7,12-13,16H2,1-4H3,(H,34,35)/t25?,26-,27+/m0/s1. The summed E-state index contributed by atoms with van der Waals surface area (Å²) in [5.74, 6) is -5.40. The van der Waals surface area contributed by atoms with Gasteiger partial charge in [-0.15, -0.1) is 0 Å². The van der Waals surface area contributed by atoms with Crippen molar-refractivity contribution < 1.29 is 28.9 Å². The summed E-state index contributed by atoms with van der Waals surface area (Å²) in [6.07, 6.45) is 3.01. The minimum atomic E-state index is -2.38. The van der Waals surface area contributed by atoms with Gasteiger partial charge < -0.3 is 19.9 Å². The number of hydrogen-bond donors (Lipinski definition) is 4. The van der Waals surface area contributed by atoms with Crippen LogP contribution in [0.25, 0.3) is 0 Å². The average Bonchev–Trinajstić information content (AvgIpc) is 3.05. The number of nitrogens with zero attached hydrogens (tertiary/aromatic N) is 2. The molecule has 2 aromatic rings. The molecule has 37 heavy (non-hydrogen) atoms. The van der Waals surface area contributed by atoms with E-state index in [1.54, 1.807) is 39.8 Å². The number of rotatable bonds is 5. The van der Waals surface area contributed by atoms with Crippen molar-refractivity contribution in [1.82, 2.24) is 14.8 Å². The number of carbonyl (C=O) groups is 1. The zero-order chi connectivity index (χ0) is 27.4. The Labute approximate surface area is 214 Å². The van der Waals surface area contributed by atoms with E-state index in [0.29, 0.717) is 36.1 Å². The molecule has 202 valence electrons. The number of halogens is 2. The molecule has 10 heteroatoms. The van der Waals surface area contributed by atoms with E-state index in [1.165, 1.54) is 16.8 Å². The van der Waals surface area contributed by atoms with Crippen LogP contribution in [0.1, 0.15) is 64.0 Å². The van der Waals surface area contributed by atoms with Crippen LogP contribution in [-0.4, -0.2) is 42.5 Å². The molecule has 8 nitrogen and oxygen atoms in total. The second kappa shape index (κ2) is 9.18. The maximum Gasteiger partial charge on any atom is 0.413 e. The molecular weight excluding hydrogens is 484 g/mol. The van der Waals surface area contributed by atoms with Crippen molar-refractivity contribution in [3.8, 4) is 0 Å². The summed E-state index contributed by atoms with van der Waals surface area (Å²) in [5.41, 5.74) is -5.42. The molecule has 1 aliphatic heterocycles. The van der Waals surface area contributed by atoms with E-state index >= 15 is 0 Å². The molecule has 1 unspecified atom stereocenters. The first-order valence-corrected chi connectivity index (χ1v) is 12.6. The van der Waals surface area contributed by atoms with Crippen molar-refractivity contribution in [1.29, 1.82) is 0 Å². The van der Waals surface area contributed by atoms with Crippen molar-refractivity contribution >= 4 is 6.09 Å². The summed E-state index contributed by atoms with van der Waals surface area (Å²) in [6, 6.07) is 6.31. The number of amides is 1. The van der Waals surface area contributed by atoms with Gasteiger partial charge in [0.05, 0.1) is 6.54 Å². The van der Waals surface area contributed by atoms with Gasteiger partial charge in [0.25, 0.3) is 5.56 Å². The third kappa shape index (κ3) is 3.88. The van der Waals surface area contributed by atoms with Crippen LogP contribution in [0.3, 0.4) is 0 Å². The summed E-state index contributed by atoms with van der Waals surface area (Å²) >= 11 is 0. The Morgan fingerprint density at radius 2 is 1.76 bits per heavy atom. The second-order valence-electron chi connectivity index (χ2n) is 11.1. The molecule has 1 saturated carbocycles. The molecule has 1 amide bonds. The van der Waals surface area contributed by atoms with Gasteiger partial charge in [0.1, 0.15) is 5.54 Å². The summed E-state index contributed by atoms with van der Waals surface area (Å²) in [7, 11) is 0. The normalized spacial score (nSPS) is 29.6. The SMILES string of the molecule is Cc1cccn(CC2(c3ccc(F)c(F)c3)N[C@@](O)(C(C)C)N(C(=O)O)[C@@]2(O)C2(C)CCCCC2)c1=O. The highest BCUT2D eigenvalue weighted by Crippen LogP contribution is 2.60. The second-order valence-corrected chi connectivity index (χ2v) is 11.1. The Morgan fingerprint density at radius 3 is 2.32 bits per heavy atom. The van der Waals surface area contributed by atoms with Gasteiger partial charge in [-0.25, -0.2) is 18.5 Å². The maximum absolute atomic E-state index is 14.7. The van der Waals surface area contributed by atoms with E-state index in [0.717, 1.165) is 18.6 Å². The van der Waals surface area contributed by atoms with Crippen molar-refractivity contribution in [2.45, 2.75) is 83.5 Å². The minimum Gasteiger partial charge on any atom is -0.465 e. The molecule has 0 spiro atoms. The Kier molecular flexibility index (Phi) is 6.75. The van der Waals surface area contributed by atoms with E-state index in [-0.39, 0.29) is 12.1 Å². The largest absolute Gasteiger partial charge is 0.465 e. The van der Waals surface area contributed by atoms with Crippen LogP contribution in [0.5, 0.6) is 0 Å². The summed E-state index contributed by atoms with van der Waals surface area (Å²) in [5, 5.41) is 38.3. The first kappa shape index (κ1) is 27.2. The van der Waals surface area contributed by atoms with Gasteiger partial charge >= 0.3 is 6.09 Å². The van der Waals surface area contributed by atoms with E-state index in [9.17, 15) is 33.7 Å². The number of aryl methyl sites for hydroxylation is 1. The fraction of sp³-hybridized carbons (Fsp3) is 0.556. The van der Waals surface area contributed by atoms with E-state index in [4.69, 9.17) is 0 Å². The van der Waals surface area contributed by atoms with Crippen molar-refractivity contribution in [2.75, 3.05) is 0 Å². The topological polar surface area (TPSA) is 115 Å². The molecular formula is C27H35F2N3O5. The van der Waals surface area contributed by atoms with Gasteiger partial charge in [0.15, 0.2) is 17.4 Å². The highest BCUT2D eigenvalue weighted by molar-refractivity contribution is 5.69. The number of carboxylic acid groups (broad SMARTS) is 1. The minimum absolute atomic E-state index is 0.0110. The Balaban J connectivity index is 2.13. The first-order chi connectivity index (χ1) is 17.2. The molecule has 4 rings (SSSR count). The predicted molar refractivity (Wildman–Crippen MR) is 132 cm³/mol. The molecule has 2 aliphatic rings. The third-order valence-corrected chi connectivity index (χ3v) is 8.48. The molecule has 0 bridgehead atoms. The zero-order valence-electron chi connectivity index (χ0n) is 21.6. The summed E-state index contributed by atoms with van der Waals surface area (Å²) in [4.78, 5) is 26.7. The molecule has 4 N–H and O–H groups in total. The van der Waals surface area contributed by atoms with Crippen LogP contribution < -0.4 is 10.9 Å². The van der Waals surface area contributed by atoms with Gasteiger partial charge in [0.2, 0.25) is 5.85 Å². The number of benzene rings is 1. The van der Waals surface area contributed by atoms with Crippen LogP contribution in [0.15, 0.2) is 41.3 Å². The van der Waals surface area contributed by atoms with Crippen molar-refractivity contribution in [3.63, 3.8) is 0 Å². The fourth-order valence-electron chi connectivity index (χ4n) is 6.36. The number of aromatic nitrogens is 1. The van der Waals surface area contributed by atoms with Crippen LogP contribution in [0, 0.1) is 29.9 Å². The van der Waals surface area contributed by atoms with Crippen LogP contribution in [0.2, 0.25) is 0 Å². The average molecular weight is 520 g/mol. The Bertz CT molecular complexity index is 1260. The lowest BCUT2D eigenvalue weighted by molar-refractivity contribution is -0.248. The lowest BCUT2D eigenvalue weighted by Gasteiger charge is -2.56. The van der Waals surface area contributed by atoms with E-state index in [2.05, 4.69) is 5.32 Å².